The molecule has 1 amide bonds. The number of nitrogens with two attached hydrogens (primary N) is 1. The lowest BCUT2D eigenvalue weighted by Crippen LogP contribution is -2.38. The highest BCUT2D eigenvalue weighted by atomic mass is 16.7. The average Bonchev–Trinajstić information content (AvgIpc) is 3.36. The standard InChI is InChI=1S/C27H26N2O5/c28-27(31)22-13-19(7-10-24(22)32-15-17-4-2-1-3-5-17)23(30)14-29-20-8-9-21-18(12-20)6-11-25-26(21)34-16-33-25/h1-7,10-11,13,20,29H,8-9,12,14-16H2,(H2,28,31). The van der Waals surface area contributed by atoms with E-state index in [1.54, 1.807) is 12.1 Å². The zero-order chi connectivity index (χ0) is 23.5. The van der Waals surface area contributed by atoms with Crippen LogP contribution in [-0.2, 0) is 19.4 Å². The van der Waals surface area contributed by atoms with Gasteiger partial charge in [-0.2, -0.15) is 0 Å². The summed E-state index contributed by atoms with van der Waals surface area (Å²) in [7, 11) is 0. The van der Waals surface area contributed by atoms with Crippen molar-refractivity contribution >= 4 is 11.7 Å². The van der Waals surface area contributed by atoms with Crippen molar-refractivity contribution in [3.8, 4) is 17.2 Å². The highest BCUT2D eigenvalue weighted by molar-refractivity contribution is 6.02. The Hall–Kier alpha value is -3.84. The normalized spacial score (nSPS) is 16.1. The summed E-state index contributed by atoms with van der Waals surface area (Å²) < 4.78 is 16.9. The monoisotopic (exact) mass is 458 g/mol. The molecule has 3 aromatic rings. The first-order chi connectivity index (χ1) is 16.6. The van der Waals surface area contributed by atoms with Crippen molar-refractivity contribution in [3.05, 3.63) is 88.5 Å². The van der Waals surface area contributed by atoms with Crippen LogP contribution in [-0.4, -0.2) is 31.1 Å². The molecule has 3 aromatic carbocycles. The molecule has 0 aromatic heterocycles. The van der Waals surface area contributed by atoms with Crippen LogP contribution in [0.25, 0.3) is 0 Å². The van der Waals surface area contributed by atoms with Crippen LogP contribution in [0.5, 0.6) is 17.2 Å². The maximum absolute atomic E-state index is 12.9. The lowest BCUT2D eigenvalue weighted by molar-refractivity contribution is 0.0986. The summed E-state index contributed by atoms with van der Waals surface area (Å²) in [5, 5.41) is 3.37. The first-order valence-corrected chi connectivity index (χ1v) is 11.4. The van der Waals surface area contributed by atoms with Gasteiger partial charge in [0.15, 0.2) is 17.3 Å². The van der Waals surface area contributed by atoms with Gasteiger partial charge in [0.25, 0.3) is 5.91 Å². The Bertz CT molecular complexity index is 1230. The summed E-state index contributed by atoms with van der Waals surface area (Å²) in [5.41, 5.74) is 9.58. The molecule has 2 aliphatic rings. The molecule has 7 heteroatoms. The second-order valence-electron chi connectivity index (χ2n) is 8.53. The molecule has 0 spiro atoms. The molecule has 3 N–H and O–H groups in total. The first-order valence-electron chi connectivity index (χ1n) is 11.4. The van der Waals surface area contributed by atoms with E-state index in [4.69, 9.17) is 19.9 Å². The molecule has 0 radical (unpaired) electrons. The van der Waals surface area contributed by atoms with E-state index in [-0.39, 0.29) is 30.7 Å². The predicted molar refractivity (Wildman–Crippen MR) is 126 cm³/mol. The molecule has 5 rings (SSSR count). The molecule has 34 heavy (non-hydrogen) atoms. The number of Topliss-reactive ketones (excluding diaryl/α,β-unsaturated/α-hetero) is 1. The summed E-state index contributed by atoms with van der Waals surface area (Å²) in [6.45, 7) is 0.748. The van der Waals surface area contributed by atoms with Crippen molar-refractivity contribution in [3.63, 3.8) is 0 Å². The number of ether oxygens (including phenoxy) is 3. The minimum absolute atomic E-state index is 0.103. The number of carbonyl (C=O) groups is 2. The quantitative estimate of drug-likeness (QED) is 0.502. The maximum Gasteiger partial charge on any atom is 0.252 e. The number of hydrogen-bond donors (Lipinski definition) is 2. The third-order valence-corrected chi connectivity index (χ3v) is 6.30. The second-order valence-corrected chi connectivity index (χ2v) is 8.53. The molecule has 0 saturated heterocycles. The summed E-state index contributed by atoms with van der Waals surface area (Å²) in [6, 6.07) is 18.7. The van der Waals surface area contributed by atoms with Crippen molar-refractivity contribution in [1.29, 1.82) is 0 Å². The third kappa shape index (κ3) is 4.61. The van der Waals surface area contributed by atoms with Gasteiger partial charge in [-0.05, 0) is 54.7 Å². The van der Waals surface area contributed by atoms with E-state index in [1.807, 2.05) is 36.4 Å². The van der Waals surface area contributed by atoms with E-state index in [0.717, 1.165) is 36.3 Å². The van der Waals surface area contributed by atoms with Crippen molar-refractivity contribution in [1.82, 2.24) is 5.32 Å². The molecule has 1 heterocycles. The maximum atomic E-state index is 12.9. The molecule has 7 nitrogen and oxygen atoms in total. The number of benzene rings is 3. The Labute approximate surface area is 197 Å². The highest BCUT2D eigenvalue weighted by Gasteiger charge is 2.26. The topological polar surface area (TPSA) is 99.9 Å². The smallest absolute Gasteiger partial charge is 0.252 e. The van der Waals surface area contributed by atoms with Crippen molar-refractivity contribution < 1.29 is 23.8 Å². The Morgan fingerprint density at radius 3 is 2.74 bits per heavy atom. The van der Waals surface area contributed by atoms with Crippen LogP contribution in [0.4, 0.5) is 0 Å². The lowest BCUT2D eigenvalue weighted by Gasteiger charge is -2.26. The molecule has 174 valence electrons. The van der Waals surface area contributed by atoms with Gasteiger partial charge >= 0.3 is 0 Å². The molecule has 1 atom stereocenters. The van der Waals surface area contributed by atoms with Crippen LogP contribution in [0.1, 0.15) is 43.8 Å². The van der Waals surface area contributed by atoms with Crippen molar-refractivity contribution in [2.45, 2.75) is 31.9 Å². The summed E-state index contributed by atoms with van der Waals surface area (Å²) in [6.07, 6.45) is 2.59. The van der Waals surface area contributed by atoms with Gasteiger partial charge in [0.1, 0.15) is 12.4 Å². The minimum Gasteiger partial charge on any atom is -0.488 e. The van der Waals surface area contributed by atoms with Gasteiger partial charge in [0, 0.05) is 17.2 Å². The zero-order valence-corrected chi connectivity index (χ0v) is 18.7. The number of nitrogens with one attached hydrogen (secondary N) is 1. The number of amides is 1. The molecule has 1 unspecified atom stereocenters. The van der Waals surface area contributed by atoms with Crippen LogP contribution in [0.15, 0.2) is 60.7 Å². The fraction of sp³-hybridized carbons (Fsp3) is 0.259. The number of ketones is 1. The summed E-state index contributed by atoms with van der Waals surface area (Å²) in [5.74, 6) is 1.30. The third-order valence-electron chi connectivity index (χ3n) is 6.30. The van der Waals surface area contributed by atoms with Gasteiger partial charge in [-0.25, -0.2) is 0 Å². The minimum atomic E-state index is -0.631. The van der Waals surface area contributed by atoms with E-state index in [0.29, 0.717) is 17.9 Å². The Morgan fingerprint density at radius 1 is 1.06 bits per heavy atom. The molecular weight excluding hydrogens is 432 g/mol. The van der Waals surface area contributed by atoms with Crippen LogP contribution in [0, 0.1) is 0 Å². The summed E-state index contributed by atoms with van der Waals surface area (Å²) in [4.78, 5) is 24.9. The van der Waals surface area contributed by atoms with Gasteiger partial charge in [-0.1, -0.05) is 36.4 Å². The first kappa shape index (κ1) is 22.0. The number of hydrogen-bond acceptors (Lipinski definition) is 6. The molecule has 1 aliphatic heterocycles. The van der Waals surface area contributed by atoms with Gasteiger partial charge in [0.2, 0.25) is 6.79 Å². The molecule has 1 aliphatic carbocycles. The molecular formula is C27H26N2O5. The fourth-order valence-electron chi connectivity index (χ4n) is 4.49. The Balaban J connectivity index is 1.21. The Morgan fingerprint density at radius 2 is 1.91 bits per heavy atom. The largest absolute Gasteiger partial charge is 0.488 e. The lowest BCUT2D eigenvalue weighted by atomic mass is 9.87. The number of primary amides is 1. The number of carbonyl (C=O) groups excluding carboxylic acids is 2. The van der Waals surface area contributed by atoms with E-state index in [2.05, 4.69) is 11.4 Å². The van der Waals surface area contributed by atoms with E-state index in [9.17, 15) is 9.59 Å². The van der Waals surface area contributed by atoms with Gasteiger partial charge in [0.05, 0.1) is 12.1 Å². The number of rotatable bonds is 8. The number of fused-ring (bicyclic) bond motifs is 3. The molecule has 0 bridgehead atoms. The van der Waals surface area contributed by atoms with Crippen LogP contribution in [0.2, 0.25) is 0 Å². The second kappa shape index (κ2) is 9.57. The molecule has 0 fully saturated rings. The van der Waals surface area contributed by atoms with Crippen LogP contribution < -0.4 is 25.3 Å². The van der Waals surface area contributed by atoms with Crippen LogP contribution in [0.3, 0.4) is 0 Å². The van der Waals surface area contributed by atoms with Crippen molar-refractivity contribution in [2.75, 3.05) is 13.3 Å². The zero-order valence-electron chi connectivity index (χ0n) is 18.7. The van der Waals surface area contributed by atoms with Gasteiger partial charge in [-0.3, -0.25) is 9.59 Å². The average molecular weight is 459 g/mol. The highest BCUT2D eigenvalue weighted by Crippen LogP contribution is 2.40. The van der Waals surface area contributed by atoms with Crippen molar-refractivity contribution in [2.24, 2.45) is 5.73 Å². The fourth-order valence-corrected chi connectivity index (χ4v) is 4.49. The van der Waals surface area contributed by atoms with Gasteiger partial charge < -0.3 is 25.3 Å². The van der Waals surface area contributed by atoms with Crippen LogP contribution >= 0.6 is 0 Å². The predicted octanol–water partition coefficient (Wildman–Crippen LogP) is 3.42. The SMILES string of the molecule is NC(=O)c1cc(C(=O)CNC2CCc3c(ccc4c3OCO4)C2)ccc1OCc1ccccc1. The molecule has 0 saturated carbocycles. The summed E-state index contributed by atoms with van der Waals surface area (Å²) >= 11 is 0. The van der Waals surface area contributed by atoms with E-state index < -0.39 is 5.91 Å². The van der Waals surface area contributed by atoms with E-state index >= 15 is 0 Å². The van der Waals surface area contributed by atoms with Gasteiger partial charge in [-0.15, -0.1) is 0 Å². The Kier molecular flexibility index (Phi) is 6.18. The van der Waals surface area contributed by atoms with E-state index in [1.165, 1.54) is 17.2 Å².